The second-order valence-electron chi connectivity index (χ2n) is 7.75. The molecule has 1 aliphatic rings. The van der Waals surface area contributed by atoms with Gasteiger partial charge < -0.3 is 24.3 Å². The van der Waals surface area contributed by atoms with Gasteiger partial charge in [-0.15, -0.1) is 0 Å². The van der Waals surface area contributed by atoms with Crippen molar-refractivity contribution in [3.8, 4) is 17.1 Å². The Bertz CT molecular complexity index is 1050. The molecule has 176 valence electrons. The topological polar surface area (TPSA) is 100 Å². The summed E-state index contributed by atoms with van der Waals surface area (Å²) in [6, 6.07) is 16.6. The number of rotatable bonds is 7. The number of aliphatic carboxylic acids is 2. The van der Waals surface area contributed by atoms with Crippen molar-refractivity contribution in [3.05, 3.63) is 54.1 Å². The van der Waals surface area contributed by atoms with Crippen LogP contribution in [0.1, 0.15) is 24.8 Å². The first-order valence-corrected chi connectivity index (χ1v) is 12.1. The standard InChI is InChI=1S/C23H27NO2S.C2H2O4/c1-25-21-14-19-16-22(18-8-4-2-5-9-18)26-23(19)20(15-21)17-27-13-12-24-10-6-3-7-11-24;3-1(4)2(5)6/h2,4-5,8-9,14-16H,3,6-7,10-13,17H2,1H3;(H,3,4)(H,5,6). The Hall–Kier alpha value is -2.97. The van der Waals surface area contributed by atoms with Gasteiger partial charge >= 0.3 is 11.9 Å². The number of hydrogen-bond acceptors (Lipinski definition) is 6. The number of piperidine rings is 1. The van der Waals surface area contributed by atoms with E-state index in [-0.39, 0.29) is 0 Å². The number of methoxy groups -OCH3 is 1. The molecular formula is C25H29NO6S. The molecule has 0 radical (unpaired) electrons. The predicted molar refractivity (Wildman–Crippen MR) is 130 cm³/mol. The lowest BCUT2D eigenvalue weighted by Crippen LogP contribution is -2.31. The summed E-state index contributed by atoms with van der Waals surface area (Å²) in [6.07, 6.45) is 4.11. The molecule has 0 aliphatic carbocycles. The average molecular weight is 472 g/mol. The SMILES string of the molecule is COc1cc(CSCCN2CCCCC2)c2oc(-c3ccccc3)cc2c1.O=C(O)C(=O)O. The van der Waals surface area contributed by atoms with Crippen molar-refractivity contribution in [2.24, 2.45) is 0 Å². The number of ether oxygens (including phenoxy) is 1. The van der Waals surface area contributed by atoms with Gasteiger partial charge in [-0.25, -0.2) is 9.59 Å². The first-order chi connectivity index (χ1) is 16.0. The molecule has 1 aromatic heterocycles. The molecule has 0 saturated carbocycles. The second-order valence-corrected chi connectivity index (χ2v) is 8.85. The van der Waals surface area contributed by atoms with Crippen LogP contribution in [0, 0.1) is 0 Å². The summed E-state index contributed by atoms with van der Waals surface area (Å²) < 4.78 is 11.8. The highest BCUT2D eigenvalue weighted by atomic mass is 32.2. The van der Waals surface area contributed by atoms with Gasteiger partial charge in [-0.3, -0.25) is 0 Å². The molecule has 0 amide bonds. The van der Waals surface area contributed by atoms with E-state index >= 15 is 0 Å². The Kier molecular flexibility index (Phi) is 9.21. The number of furan rings is 1. The van der Waals surface area contributed by atoms with Crippen molar-refractivity contribution in [2.45, 2.75) is 25.0 Å². The maximum absolute atomic E-state index is 9.10. The molecule has 1 aliphatic heterocycles. The van der Waals surface area contributed by atoms with Crippen LogP contribution in [0.15, 0.2) is 52.9 Å². The highest BCUT2D eigenvalue weighted by Crippen LogP contribution is 2.34. The van der Waals surface area contributed by atoms with Crippen LogP contribution in [0.25, 0.3) is 22.3 Å². The fourth-order valence-electron chi connectivity index (χ4n) is 3.72. The molecule has 2 heterocycles. The Morgan fingerprint density at radius 1 is 1.03 bits per heavy atom. The number of likely N-dealkylation sites (tertiary alicyclic amines) is 1. The van der Waals surface area contributed by atoms with Gasteiger partial charge in [-0.1, -0.05) is 36.8 Å². The second kappa shape index (κ2) is 12.3. The van der Waals surface area contributed by atoms with Crippen molar-refractivity contribution in [2.75, 3.05) is 32.5 Å². The van der Waals surface area contributed by atoms with Gasteiger partial charge in [0.15, 0.2) is 0 Å². The molecule has 4 rings (SSSR count). The van der Waals surface area contributed by atoms with Crippen LogP contribution in [0.4, 0.5) is 0 Å². The summed E-state index contributed by atoms with van der Waals surface area (Å²) in [6.45, 7) is 3.72. The van der Waals surface area contributed by atoms with Crippen LogP contribution in [-0.2, 0) is 15.3 Å². The van der Waals surface area contributed by atoms with E-state index in [1.807, 2.05) is 30.0 Å². The summed E-state index contributed by atoms with van der Waals surface area (Å²) in [5.74, 6) is 0.270. The summed E-state index contributed by atoms with van der Waals surface area (Å²) in [4.78, 5) is 20.8. The van der Waals surface area contributed by atoms with Crippen LogP contribution >= 0.6 is 11.8 Å². The zero-order valence-corrected chi connectivity index (χ0v) is 19.5. The first-order valence-electron chi connectivity index (χ1n) is 10.9. The minimum Gasteiger partial charge on any atom is -0.497 e. The van der Waals surface area contributed by atoms with Crippen LogP contribution in [0.2, 0.25) is 0 Å². The molecule has 0 unspecified atom stereocenters. The van der Waals surface area contributed by atoms with Crippen molar-refractivity contribution < 1.29 is 29.0 Å². The van der Waals surface area contributed by atoms with Gasteiger partial charge in [0.1, 0.15) is 17.1 Å². The zero-order valence-electron chi connectivity index (χ0n) is 18.7. The molecule has 2 N–H and O–H groups in total. The van der Waals surface area contributed by atoms with Crippen LogP contribution in [-0.4, -0.2) is 59.5 Å². The lowest BCUT2D eigenvalue weighted by molar-refractivity contribution is -0.159. The number of carboxylic acid groups (broad SMARTS) is 2. The Morgan fingerprint density at radius 2 is 1.73 bits per heavy atom. The maximum Gasteiger partial charge on any atom is 0.414 e. The van der Waals surface area contributed by atoms with Gasteiger partial charge in [0.05, 0.1) is 7.11 Å². The Balaban J connectivity index is 0.000000454. The van der Waals surface area contributed by atoms with E-state index < -0.39 is 11.9 Å². The van der Waals surface area contributed by atoms with E-state index in [9.17, 15) is 0 Å². The zero-order chi connectivity index (χ0) is 23.6. The van der Waals surface area contributed by atoms with Crippen molar-refractivity contribution in [3.63, 3.8) is 0 Å². The lowest BCUT2D eigenvalue weighted by atomic mass is 10.1. The quantitative estimate of drug-likeness (QED) is 0.367. The minimum absolute atomic E-state index is 0.898. The van der Waals surface area contributed by atoms with E-state index in [0.29, 0.717) is 0 Å². The monoisotopic (exact) mass is 471 g/mol. The van der Waals surface area contributed by atoms with Crippen molar-refractivity contribution in [1.29, 1.82) is 0 Å². The molecule has 7 nitrogen and oxygen atoms in total. The maximum atomic E-state index is 9.10. The molecule has 1 fully saturated rings. The predicted octanol–water partition coefficient (Wildman–Crippen LogP) is 4.98. The summed E-state index contributed by atoms with van der Waals surface area (Å²) in [5, 5.41) is 15.9. The third-order valence-electron chi connectivity index (χ3n) is 5.40. The third kappa shape index (κ3) is 7.27. The summed E-state index contributed by atoms with van der Waals surface area (Å²) in [7, 11) is 1.73. The highest BCUT2D eigenvalue weighted by Gasteiger charge is 2.13. The molecule has 33 heavy (non-hydrogen) atoms. The van der Waals surface area contributed by atoms with Crippen LogP contribution < -0.4 is 4.74 Å². The molecular weight excluding hydrogens is 442 g/mol. The number of carboxylic acids is 2. The molecule has 3 aromatic rings. The summed E-state index contributed by atoms with van der Waals surface area (Å²) in [5.41, 5.74) is 3.31. The third-order valence-corrected chi connectivity index (χ3v) is 6.39. The van der Waals surface area contributed by atoms with E-state index in [1.165, 1.54) is 44.5 Å². The van der Waals surface area contributed by atoms with Crippen molar-refractivity contribution in [1.82, 2.24) is 4.90 Å². The number of nitrogens with zero attached hydrogens (tertiary/aromatic N) is 1. The van der Waals surface area contributed by atoms with E-state index in [1.54, 1.807) is 7.11 Å². The number of thioether (sulfide) groups is 1. The Morgan fingerprint density at radius 3 is 2.36 bits per heavy atom. The molecule has 1 saturated heterocycles. The fraction of sp³-hybridized carbons (Fsp3) is 0.360. The molecule has 0 bridgehead atoms. The van der Waals surface area contributed by atoms with E-state index in [0.717, 1.165) is 39.5 Å². The number of fused-ring (bicyclic) bond motifs is 1. The van der Waals surface area contributed by atoms with Crippen LogP contribution in [0.5, 0.6) is 5.75 Å². The largest absolute Gasteiger partial charge is 0.497 e. The van der Waals surface area contributed by atoms with Crippen LogP contribution in [0.3, 0.4) is 0 Å². The number of benzene rings is 2. The van der Waals surface area contributed by atoms with Gasteiger partial charge in [0.2, 0.25) is 0 Å². The fourth-order valence-corrected chi connectivity index (χ4v) is 4.69. The van der Waals surface area contributed by atoms with Gasteiger partial charge in [0.25, 0.3) is 0 Å². The highest BCUT2D eigenvalue weighted by molar-refractivity contribution is 7.98. The van der Waals surface area contributed by atoms with E-state index in [2.05, 4.69) is 35.2 Å². The molecule has 0 spiro atoms. The van der Waals surface area contributed by atoms with Gasteiger partial charge in [-0.2, -0.15) is 11.8 Å². The van der Waals surface area contributed by atoms with Gasteiger partial charge in [-0.05, 0) is 44.1 Å². The smallest absolute Gasteiger partial charge is 0.414 e. The average Bonchev–Trinajstić information content (AvgIpc) is 3.27. The number of carbonyl (C=O) groups is 2. The summed E-state index contributed by atoms with van der Waals surface area (Å²) >= 11 is 1.98. The lowest BCUT2D eigenvalue weighted by Gasteiger charge is -2.26. The molecule has 0 atom stereocenters. The first kappa shape index (κ1) is 24.7. The minimum atomic E-state index is -1.82. The molecule has 2 aromatic carbocycles. The van der Waals surface area contributed by atoms with Crippen molar-refractivity contribution >= 4 is 34.7 Å². The Labute approximate surface area is 197 Å². The van der Waals surface area contributed by atoms with Gasteiger partial charge in [0, 0.05) is 34.6 Å². The molecule has 8 heteroatoms. The van der Waals surface area contributed by atoms with E-state index in [4.69, 9.17) is 29.0 Å². The number of hydrogen-bond donors (Lipinski definition) is 2. The normalized spacial score (nSPS) is 13.8.